The molecule has 1 N–H and O–H groups in total. The fraction of sp³-hybridized carbons (Fsp3) is 0.818. The first-order valence-electron chi connectivity index (χ1n) is 21.2. The molecule has 0 aromatic rings. The third kappa shape index (κ3) is 32.0. The largest absolute Gasteiger partial charge is 0.463 e. The van der Waals surface area contributed by atoms with Gasteiger partial charge in [-0.15, -0.1) is 0 Å². The van der Waals surface area contributed by atoms with Crippen molar-refractivity contribution in [2.45, 2.75) is 218 Å². The Kier molecular flexibility index (Phi) is 32.7. The van der Waals surface area contributed by atoms with Crippen molar-refractivity contribution < 1.29 is 28.9 Å². The zero-order valence-corrected chi connectivity index (χ0v) is 32.6. The van der Waals surface area contributed by atoms with E-state index in [-0.39, 0.29) is 25.2 Å². The highest BCUT2D eigenvalue weighted by Gasteiger charge is 2.35. The first kappa shape index (κ1) is 46.1. The molecule has 0 bridgehead atoms. The van der Waals surface area contributed by atoms with Crippen LogP contribution in [0.15, 0.2) is 36.5 Å². The number of aliphatic hydroxyl groups excluding tert-OH is 1. The van der Waals surface area contributed by atoms with Crippen LogP contribution in [0.5, 0.6) is 0 Å². The lowest BCUT2D eigenvalue weighted by Crippen LogP contribution is -2.25. The van der Waals surface area contributed by atoms with Gasteiger partial charge >= 0.3 is 11.9 Å². The number of esters is 2. The van der Waals surface area contributed by atoms with Crippen LogP contribution in [0.2, 0.25) is 0 Å². The molecular weight excluding hydrogens is 624 g/mol. The normalized spacial score (nSPS) is 16.5. The smallest absolute Gasteiger partial charge is 0.305 e. The van der Waals surface area contributed by atoms with Crippen LogP contribution in [-0.2, 0) is 23.8 Å². The summed E-state index contributed by atoms with van der Waals surface area (Å²) in [4.78, 5) is 24.0. The number of rotatable bonds is 37. The molecular formula is C44H78O6. The average Bonchev–Trinajstić information content (AvgIpc) is 3.87. The molecule has 0 spiro atoms. The van der Waals surface area contributed by atoms with Crippen molar-refractivity contribution in [3.05, 3.63) is 36.5 Å². The van der Waals surface area contributed by atoms with Gasteiger partial charge in [0.15, 0.2) is 0 Å². The van der Waals surface area contributed by atoms with Gasteiger partial charge in [0, 0.05) is 12.8 Å². The number of allylic oxidation sites excluding steroid dienone is 4. The fourth-order valence-corrected chi connectivity index (χ4v) is 6.18. The van der Waals surface area contributed by atoms with Gasteiger partial charge < -0.3 is 19.3 Å². The van der Waals surface area contributed by atoms with Crippen LogP contribution in [0.1, 0.15) is 200 Å². The molecule has 1 saturated heterocycles. The van der Waals surface area contributed by atoms with E-state index in [1.165, 1.54) is 122 Å². The molecule has 1 aliphatic heterocycles. The highest BCUT2D eigenvalue weighted by Crippen LogP contribution is 2.29. The Morgan fingerprint density at radius 3 is 1.42 bits per heavy atom. The second-order valence-electron chi connectivity index (χ2n) is 14.5. The van der Waals surface area contributed by atoms with Gasteiger partial charge in [0.2, 0.25) is 0 Å². The molecule has 0 aromatic heterocycles. The number of unbranched alkanes of at least 4 members (excludes halogenated alkanes) is 21. The fourth-order valence-electron chi connectivity index (χ4n) is 6.18. The lowest BCUT2D eigenvalue weighted by Gasteiger charge is -2.12. The molecule has 6 heteroatoms. The minimum Gasteiger partial charge on any atom is -0.463 e. The van der Waals surface area contributed by atoms with E-state index in [0.717, 1.165) is 44.9 Å². The molecule has 1 aliphatic rings. The van der Waals surface area contributed by atoms with Gasteiger partial charge in [-0.25, -0.2) is 0 Å². The Bertz CT molecular complexity index is 865. The Morgan fingerprint density at radius 1 is 0.520 bits per heavy atom. The van der Waals surface area contributed by atoms with Gasteiger partial charge in [0.25, 0.3) is 0 Å². The van der Waals surface area contributed by atoms with Crippen LogP contribution in [-0.4, -0.2) is 48.6 Å². The molecule has 1 rings (SSSR count). The Labute approximate surface area is 308 Å². The van der Waals surface area contributed by atoms with Gasteiger partial charge in [-0.2, -0.15) is 0 Å². The molecule has 0 radical (unpaired) electrons. The van der Waals surface area contributed by atoms with Crippen molar-refractivity contribution in [2.24, 2.45) is 0 Å². The predicted octanol–water partition coefficient (Wildman–Crippen LogP) is 12.2. The van der Waals surface area contributed by atoms with Gasteiger partial charge in [-0.1, -0.05) is 172 Å². The van der Waals surface area contributed by atoms with E-state index >= 15 is 0 Å². The topological polar surface area (TPSA) is 85.4 Å². The van der Waals surface area contributed by atoms with Crippen molar-refractivity contribution in [1.82, 2.24) is 0 Å². The second kappa shape index (κ2) is 35.5. The lowest BCUT2D eigenvalue weighted by molar-refractivity contribution is -0.152. The summed E-state index contributed by atoms with van der Waals surface area (Å²) in [6.07, 6.45) is 46.7. The van der Waals surface area contributed by atoms with Crippen molar-refractivity contribution >= 4 is 11.9 Å². The molecule has 3 atom stereocenters. The SMILES string of the molecule is CCCCC/C=C\CC1OC1C/C=C\C/C=C\CCCC(=O)OC[C@@H](O)COC(=O)CCCCCCCCCCCCCCCCCCCC. The molecule has 0 aliphatic carbocycles. The van der Waals surface area contributed by atoms with Crippen LogP contribution in [0.3, 0.4) is 0 Å². The van der Waals surface area contributed by atoms with Crippen LogP contribution in [0, 0.1) is 0 Å². The molecule has 50 heavy (non-hydrogen) atoms. The minimum absolute atomic E-state index is 0.134. The van der Waals surface area contributed by atoms with E-state index in [1.54, 1.807) is 0 Å². The standard InChI is InChI=1S/C44H78O6/c1-3-5-7-9-11-12-13-14-15-16-17-18-19-20-21-24-28-32-36-43(46)48-38-40(45)39-49-44(47)37-33-29-25-22-23-27-31-35-42-41(50-42)34-30-26-10-8-6-4-2/h22,25-27,30-31,40-42,45H,3-21,23-24,28-29,32-39H2,1-2H3/b25-22-,30-26-,31-27-/t40-,41?,42?/m0/s1. The van der Waals surface area contributed by atoms with Crippen molar-refractivity contribution in [1.29, 1.82) is 0 Å². The number of hydrogen-bond donors (Lipinski definition) is 1. The zero-order chi connectivity index (χ0) is 36.2. The van der Waals surface area contributed by atoms with E-state index in [1.807, 2.05) is 0 Å². The third-order valence-corrected chi connectivity index (χ3v) is 9.53. The summed E-state index contributed by atoms with van der Waals surface area (Å²) in [6, 6.07) is 0. The number of carbonyl (C=O) groups is 2. The van der Waals surface area contributed by atoms with Crippen LogP contribution in [0.25, 0.3) is 0 Å². The summed E-state index contributed by atoms with van der Waals surface area (Å²) in [7, 11) is 0. The maximum Gasteiger partial charge on any atom is 0.305 e. The number of epoxide rings is 1. The first-order valence-corrected chi connectivity index (χ1v) is 21.2. The summed E-state index contributed by atoms with van der Waals surface area (Å²) < 4.78 is 16.1. The van der Waals surface area contributed by atoms with Crippen LogP contribution >= 0.6 is 0 Å². The quantitative estimate of drug-likeness (QED) is 0.0300. The average molecular weight is 703 g/mol. The highest BCUT2D eigenvalue weighted by molar-refractivity contribution is 5.69. The Balaban J connectivity index is 1.83. The summed E-state index contributed by atoms with van der Waals surface area (Å²) >= 11 is 0. The summed E-state index contributed by atoms with van der Waals surface area (Å²) in [5.74, 6) is -0.628. The van der Waals surface area contributed by atoms with Crippen LogP contribution < -0.4 is 0 Å². The number of carbonyl (C=O) groups excluding carboxylic acids is 2. The van der Waals surface area contributed by atoms with Crippen molar-refractivity contribution in [3.63, 3.8) is 0 Å². The van der Waals surface area contributed by atoms with E-state index in [9.17, 15) is 14.7 Å². The summed E-state index contributed by atoms with van der Waals surface area (Å²) in [6.45, 7) is 4.23. The van der Waals surface area contributed by atoms with Gasteiger partial charge in [0.1, 0.15) is 19.3 Å². The minimum atomic E-state index is -0.988. The molecule has 2 unspecified atom stereocenters. The maximum absolute atomic E-state index is 12.0. The molecule has 1 fully saturated rings. The van der Waals surface area contributed by atoms with Gasteiger partial charge in [0.05, 0.1) is 12.2 Å². The number of ether oxygens (including phenoxy) is 3. The van der Waals surface area contributed by atoms with Crippen molar-refractivity contribution in [2.75, 3.05) is 13.2 Å². The molecule has 0 amide bonds. The molecule has 0 aromatic carbocycles. The van der Waals surface area contributed by atoms with Crippen molar-refractivity contribution in [3.8, 4) is 0 Å². The highest BCUT2D eigenvalue weighted by atomic mass is 16.6. The molecule has 290 valence electrons. The Morgan fingerprint density at radius 2 is 0.900 bits per heavy atom. The predicted molar refractivity (Wildman–Crippen MR) is 209 cm³/mol. The second-order valence-corrected chi connectivity index (χ2v) is 14.5. The first-order chi connectivity index (χ1) is 24.6. The third-order valence-electron chi connectivity index (χ3n) is 9.53. The summed E-state index contributed by atoms with van der Waals surface area (Å²) in [5.41, 5.74) is 0. The monoisotopic (exact) mass is 703 g/mol. The number of aliphatic hydroxyl groups is 1. The number of hydrogen-bond acceptors (Lipinski definition) is 6. The molecule has 1 heterocycles. The van der Waals surface area contributed by atoms with Gasteiger partial charge in [-0.05, 0) is 51.4 Å². The molecule has 0 saturated carbocycles. The maximum atomic E-state index is 12.0. The van der Waals surface area contributed by atoms with E-state index in [4.69, 9.17) is 14.2 Å². The summed E-state index contributed by atoms with van der Waals surface area (Å²) in [5, 5.41) is 10.0. The van der Waals surface area contributed by atoms with Gasteiger partial charge in [-0.3, -0.25) is 9.59 Å². The van der Waals surface area contributed by atoms with E-state index < -0.39 is 6.10 Å². The Hall–Kier alpha value is -1.92. The van der Waals surface area contributed by atoms with Crippen LogP contribution in [0.4, 0.5) is 0 Å². The zero-order valence-electron chi connectivity index (χ0n) is 32.6. The molecule has 6 nitrogen and oxygen atoms in total. The lowest BCUT2D eigenvalue weighted by atomic mass is 10.0. The van der Waals surface area contributed by atoms with E-state index in [0.29, 0.717) is 31.5 Å². The van der Waals surface area contributed by atoms with E-state index in [2.05, 4.69) is 50.3 Å².